The van der Waals surface area contributed by atoms with Crippen LogP contribution in [0.25, 0.3) is 0 Å². The number of nitrogens with zero attached hydrogens (tertiary/aromatic N) is 3. The first-order valence-corrected chi connectivity index (χ1v) is 10.3. The van der Waals surface area contributed by atoms with E-state index in [0.717, 1.165) is 43.4 Å². The second-order valence-corrected chi connectivity index (χ2v) is 10.0. The topological polar surface area (TPSA) is 67.1 Å². The van der Waals surface area contributed by atoms with Gasteiger partial charge in [-0.15, -0.1) is 0 Å². The van der Waals surface area contributed by atoms with Crippen LogP contribution in [0.5, 0.6) is 0 Å². The fourth-order valence-electron chi connectivity index (χ4n) is 3.48. The lowest BCUT2D eigenvalue weighted by atomic mass is 9.80. The minimum atomic E-state index is 0.0818. The summed E-state index contributed by atoms with van der Waals surface area (Å²) in [7, 11) is 0. The molecule has 28 heavy (non-hydrogen) atoms. The van der Waals surface area contributed by atoms with Gasteiger partial charge in [0.25, 0.3) is 0 Å². The molecule has 3 rings (SSSR count). The molecule has 0 amide bonds. The molecule has 0 spiro atoms. The van der Waals surface area contributed by atoms with Crippen molar-refractivity contribution in [3.05, 3.63) is 41.6 Å². The van der Waals surface area contributed by atoms with Gasteiger partial charge >= 0.3 is 0 Å². The quantitative estimate of drug-likeness (QED) is 0.803. The van der Waals surface area contributed by atoms with E-state index in [1.54, 1.807) is 0 Å². The normalized spacial score (nSPS) is 18.2. The summed E-state index contributed by atoms with van der Waals surface area (Å²) in [4.78, 5) is 11.4. The van der Waals surface area contributed by atoms with Gasteiger partial charge in [0.15, 0.2) is 0 Å². The van der Waals surface area contributed by atoms with Crippen molar-refractivity contribution in [3.8, 4) is 0 Å². The monoisotopic (exact) mass is 381 g/mol. The van der Waals surface area contributed by atoms with Gasteiger partial charge in [0.1, 0.15) is 5.82 Å². The van der Waals surface area contributed by atoms with Crippen molar-refractivity contribution >= 4 is 17.5 Å². The largest absolute Gasteiger partial charge is 0.340 e. The number of piperidine rings is 1. The lowest BCUT2D eigenvalue weighted by Crippen LogP contribution is -2.43. The summed E-state index contributed by atoms with van der Waals surface area (Å²) in [6.45, 7) is 15.3. The Morgan fingerprint density at radius 3 is 2.25 bits per heavy atom. The third-order valence-electron chi connectivity index (χ3n) is 5.32. The van der Waals surface area contributed by atoms with Crippen molar-refractivity contribution in [2.45, 2.75) is 71.3 Å². The average molecular weight is 382 g/mol. The Balaban J connectivity index is 1.90. The molecule has 1 atom stereocenters. The van der Waals surface area contributed by atoms with E-state index in [2.05, 4.69) is 74.9 Å². The molecule has 0 radical (unpaired) electrons. The van der Waals surface area contributed by atoms with Crippen LogP contribution >= 0.6 is 0 Å². The van der Waals surface area contributed by atoms with E-state index in [1.807, 2.05) is 12.3 Å². The molecule has 1 aromatic carbocycles. The van der Waals surface area contributed by atoms with Crippen LogP contribution in [0.1, 0.15) is 65.5 Å². The number of anilines is 3. The molecule has 1 aliphatic rings. The van der Waals surface area contributed by atoms with E-state index < -0.39 is 0 Å². The highest BCUT2D eigenvalue weighted by molar-refractivity contribution is 5.60. The smallest absolute Gasteiger partial charge is 0.227 e. The van der Waals surface area contributed by atoms with Gasteiger partial charge in [-0.25, -0.2) is 4.98 Å². The molecule has 152 valence electrons. The molecule has 5 nitrogen and oxygen atoms in total. The first-order chi connectivity index (χ1) is 13.0. The summed E-state index contributed by atoms with van der Waals surface area (Å²) < 4.78 is 0. The van der Waals surface area contributed by atoms with Gasteiger partial charge in [-0.3, -0.25) is 0 Å². The summed E-state index contributed by atoms with van der Waals surface area (Å²) in [5.41, 5.74) is 9.99. The summed E-state index contributed by atoms with van der Waals surface area (Å²) >= 11 is 0. The van der Waals surface area contributed by atoms with E-state index in [-0.39, 0.29) is 16.9 Å². The molecule has 1 saturated heterocycles. The van der Waals surface area contributed by atoms with Crippen LogP contribution in [-0.4, -0.2) is 29.1 Å². The molecule has 3 N–H and O–H groups in total. The number of nitrogens with one attached hydrogen (secondary N) is 1. The number of aromatic nitrogens is 2. The van der Waals surface area contributed by atoms with Crippen molar-refractivity contribution in [3.63, 3.8) is 0 Å². The summed E-state index contributed by atoms with van der Waals surface area (Å²) in [5.74, 6) is 1.57. The molecule has 1 fully saturated rings. The fraction of sp³-hybridized carbons (Fsp3) is 0.565. The average Bonchev–Trinajstić information content (AvgIpc) is 2.60. The third-order valence-corrected chi connectivity index (χ3v) is 5.32. The Bertz CT molecular complexity index is 784. The number of benzene rings is 1. The molecular weight excluding hydrogens is 346 g/mol. The molecule has 0 bridgehead atoms. The highest BCUT2D eigenvalue weighted by Crippen LogP contribution is 2.33. The number of rotatable bonds is 3. The van der Waals surface area contributed by atoms with E-state index in [1.165, 1.54) is 11.1 Å². The fourth-order valence-corrected chi connectivity index (χ4v) is 3.48. The second kappa shape index (κ2) is 7.70. The maximum absolute atomic E-state index is 6.13. The van der Waals surface area contributed by atoms with Crippen molar-refractivity contribution in [2.75, 3.05) is 23.3 Å². The van der Waals surface area contributed by atoms with Gasteiger partial charge in [0, 0.05) is 31.0 Å². The SMILES string of the molecule is CC(C)(C)c1cc(Nc2ccnc(N3CCC[C@@H](N)C3)n2)cc(C(C)(C)C)c1. The zero-order chi connectivity index (χ0) is 20.5. The van der Waals surface area contributed by atoms with E-state index >= 15 is 0 Å². The number of nitrogens with two attached hydrogens (primary N) is 1. The molecule has 2 aromatic rings. The van der Waals surface area contributed by atoms with Gasteiger partial charge in [-0.1, -0.05) is 47.6 Å². The summed E-state index contributed by atoms with van der Waals surface area (Å²) in [5, 5.41) is 3.51. The summed E-state index contributed by atoms with van der Waals surface area (Å²) in [6, 6.07) is 8.91. The molecule has 0 saturated carbocycles. The van der Waals surface area contributed by atoms with Crippen LogP contribution in [0, 0.1) is 0 Å². The van der Waals surface area contributed by atoms with Crippen LogP contribution in [-0.2, 0) is 10.8 Å². The Morgan fingerprint density at radius 2 is 1.68 bits per heavy atom. The van der Waals surface area contributed by atoms with E-state index in [0.29, 0.717) is 0 Å². The maximum Gasteiger partial charge on any atom is 0.227 e. The number of hydrogen-bond acceptors (Lipinski definition) is 5. The molecule has 1 aromatic heterocycles. The molecule has 0 unspecified atom stereocenters. The van der Waals surface area contributed by atoms with Crippen molar-refractivity contribution in [1.29, 1.82) is 0 Å². The van der Waals surface area contributed by atoms with Crippen LogP contribution in [0.4, 0.5) is 17.5 Å². The van der Waals surface area contributed by atoms with Gasteiger partial charge < -0.3 is 16.0 Å². The number of hydrogen-bond donors (Lipinski definition) is 2. The third kappa shape index (κ3) is 5.02. The lowest BCUT2D eigenvalue weighted by Gasteiger charge is -2.30. The van der Waals surface area contributed by atoms with Gasteiger partial charge in [0.2, 0.25) is 5.95 Å². The zero-order valence-corrected chi connectivity index (χ0v) is 18.2. The van der Waals surface area contributed by atoms with Gasteiger partial charge in [-0.2, -0.15) is 4.98 Å². The molecule has 5 heteroatoms. The lowest BCUT2D eigenvalue weighted by molar-refractivity contribution is 0.500. The Morgan fingerprint density at radius 1 is 1.04 bits per heavy atom. The van der Waals surface area contributed by atoms with E-state index in [9.17, 15) is 0 Å². The second-order valence-electron chi connectivity index (χ2n) is 10.0. The molecule has 0 aliphatic carbocycles. The predicted octanol–water partition coefficient (Wildman–Crippen LogP) is 4.74. The minimum Gasteiger partial charge on any atom is -0.340 e. The minimum absolute atomic E-state index is 0.0818. The molecular formula is C23H35N5. The summed E-state index contributed by atoms with van der Waals surface area (Å²) in [6.07, 6.45) is 3.98. The highest BCUT2D eigenvalue weighted by Gasteiger charge is 2.21. The Labute approximate surface area is 169 Å². The Hall–Kier alpha value is -2.14. The van der Waals surface area contributed by atoms with Gasteiger partial charge in [0.05, 0.1) is 0 Å². The van der Waals surface area contributed by atoms with Crippen molar-refractivity contribution in [1.82, 2.24) is 9.97 Å². The molecule has 1 aliphatic heterocycles. The van der Waals surface area contributed by atoms with Crippen LogP contribution in [0.15, 0.2) is 30.5 Å². The Kier molecular flexibility index (Phi) is 5.67. The van der Waals surface area contributed by atoms with Crippen molar-refractivity contribution in [2.24, 2.45) is 5.73 Å². The first kappa shape index (κ1) is 20.6. The van der Waals surface area contributed by atoms with E-state index in [4.69, 9.17) is 10.7 Å². The van der Waals surface area contributed by atoms with Crippen LogP contribution < -0.4 is 16.0 Å². The maximum atomic E-state index is 6.13. The van der Waals surface area contributed by atoms with Crippen molar-refractivity contribution < 1.29 is 0 Å². The van der Waals surface area contributed by atoms with Crippen LogP contribution in [0.3, 0.4) is 0 Å². The molecule has 2 heterocycles. The zero-order valence-electron chi connectivity index (χ0n) is 18.2. The van der Waals surface area contributed by atoms with Crippen LogP contribution in [0.2, 0.25) is 0 Å². The highest BCUT2D eigenvalue weighted by atomic mass is 15.3. The first-order valence-electron chi connectivity index (χ1n) is 10.3. The predicted molar refractivity (Wildman–Crippen MR) is 119 cm³/mol. The van der Waals surface area contributed by atoms with Gasteiger partial charge in [-0.05, 0) is 53.0 Å². The standard InChI is InChI=1S/C23H35N5/c1-22(2,3)16-12-17(23(4,5)6)14-19(13-16)26-20-9-10-25-21(27-20)28-11-7-8-18(24)15-28/h9-10,12-14,18H,7-8,11,15,24H2,1-6H3,(H,25,26,27)/t18-/m1/s1.